The second-order valence-corrected chi connectivity index (χ2v) is 8.52. The summed E-state index contributed by atoms with van der Waals surface area (Å²) in [5.74, 6) is 0. The van der Waals surface area contributed by atoms with E-state index < -0.39 is 8.96 Å². The Bertz CT molecular complexity index is 144. The summed E-state index contributed by atoms with van der Waals surface area (Å²) >= 11 is 0. The van der Waals surface area contributed by atoms with Gasteiger partial charge in [0, 0.05) is 0 Å². The van der Waals surface area contributed by atoms with Gasteiger partial charge in [0.15, 0.2) is 0 Å². The molecule has 0 saturated heterocycles. The number of hydrogen-bond acceptors (Lipinski definition) is 1. The van der Waals surface area contributed by atoms with Gasteiger partial charge in [0.1, 0.15) is 8.96 Å². The standard InChI is InChI=1S/C12H25NSi/c1-2-13-14(11-7-3-4-8-11)12-9-5-6-10-12/h11-14H,2-10H2,1H3. The van der Waals surface area contributed by atoms with Crippen molar-refractivity contribution in [3.63, 3.8) is 0 Å². The van der Waals surface area contributed by atoms with Gasteiger partial charge < -0.3 is 4.98 Å². The van der Waals surface area contributed by atoms with Crippen molar-refractivity contribution in [2.75, 3.05) is 6.54 Å². The molecule has 0 aromatic rings. The van der Waals surface area contributed by atoms with Crippen molar-refractivity contribution in [3.8, 4) is 0 Å². The highest BCUT2D eigenvalue weighted by atomic mass is 28.3. The lowest BCUT2D eigenvalue weighted by molar-refractivity contribution is 0.734. The molecule has 1 nitrogen and oxygen atoms in total. The first kappa shape index (κ1) is 10.7. The van der Waals surface area contributed by atoms with E-state index in [0.717, 1.165) is 11.1 Å². The average Bonchev–Trinajstić information content (AvgIpc) is 2.87. The van der Waals surface area contributed by atoms with Crippen LogP contribution in [0.15, 0.2) is 0 Å². The van der Waals surface area contributed by atoms with E-state index in [4.69, 9.17) is 0 Å². The van der Waals surface area contributed by atoms with Crippen molar-refractivity contribution in [2.24, 2.45) is 0 Å². The van der Waals surface area contributed by atoms with Crippen LogP contribution in [-0.4, -0.2) is 15.5 Å². The van der Waals surface area contributed by atoms with E-state index in [-0.39, 0.29) is 0 Å². The predicted molar refractivity (Wildman–Crippen MR) is 65.3 cm³/mol. The number of nitrogens with one attached hydrogen (secondary N) is 1. The van der Waals surface area contributed by atoms with E-state index in [1.165, 1.54) is 32.2 Å². The molecular formula is C12H25NSi. The van der Waals surface area contributed by atoms with Gasteiger partial charge in [0.25, 0.3) is 0 Å². The zero-order valence-corrected chi connectivity index (χ0v) is 10.8. The van der Waals surface area contributed by atoms with Gasteiger partial charge in [0.2, 0.25) is 0 Å². The molecule has 0 spiro atoms. The van der Waals surface area contributed by atoms with Gasteiger partial charge in [-0.3, -0.25) is 0 Å². The van der Waals surface area contributed by atoms with Gasteiger partial charge in [-0.1, -0.05) is 58.3 Å². The first-order valence-electron chi connectivity index (χ1n) is 6.65. The minimum Gasteiger partial charge on any atom is -0.339 e. The average molecular weight is 211 g/mol. The Balaban J connectivity index is 1.91. The second kappa shape index (κ2) is 5.31. The molecule has 0 radical (unpaired) electrons. The molecule has 2 aliphatic carbocycles. The Kier molecular flexibility index (Phi) is 4.06. The van der Waals surface area contributed by atoms with Gasteiger partial charge in [-0.05, 0) is 17.6 Å². The van der Waals surface area contributed by atoms with Gasteiger partial charge in [-0.15, -0.1) is 0 Å². The predicted octanol–water partition coefficient (Wildman–Crippen LogP) is 3.21. The molecule has 0 atom stereocenters. The molecule has 82 valence electrons. The van der Waals surface area contributed by atoms with Crippen LogP contribution in [0.4, 0.5) is 0 Å². The molecule has 0 aliphatic heterocycles. The Morgan fingerprint density at radius 2 is 1.36 bits per heavy atom. The van der Waals surface area contributed by atoms with Crippen LogP contribution in [0.5, 0.6) is 0 Å². The van der Waals surface area contributed by atoms with E-state index >= 15 is 0 Å². The van der Waals surface area contributed by atoms with E-state index in [0.29, 0.717) is 0 Å². The van der Waals surface area contributed by atoms with Gasteiger partial charge >= 0.3 is 0 Å². The van der Waals surface area contributed by atoms with Crippen molar-refractivity contribution >= 4 is 8.96 Å². The molecule has 0 aromatic heterocycles. The number of rotatable bonds is 4. The molecule has 1 N–H and O–H groups in total. The lowest BCUT2D eigenvalue weighted by Crippen LogP contribution is -2.40. The molecular weight excluding hydrogens is 186 g/mol. The summed E-state index contributed by atoms with van der Waals surface area (Å²) in [4.78, 5) is 3.91. The van der Waals surface area contributed by atoms with Crippen molar-refractivity contribution in [1.82, 2.24) is 4.98 Å². The van der Waals surface area contributed by atoms with Crippen molar-refractivity contribution < 1.29 is 0 Å². The third-order valence-corrected chi connectivity index (χ3v) is 8.50. The molecule has 0 unspecified atom stereocenters. The minimum atomic E-state index is -0.589. The maximum absolute atomic E-state index is 3.91. The molecule has 0 heterocycles. The van der Waals surface area contributed by atoms with E-state index in [1.807, 2.05) is 0 Å². The highest BCUT2D eigenvalue weighted by molar-refractivity contribution is 6.59. The molecule has 2 saturated carbocycles. The maximum Gasteiger partial charge on any atom is 0.115 e. The Morgan fingerprint density at radius 3 is 1.71 bits per heavy atom. The zero-order valence-electron chi connectivity index (χ0n) is 9.60. The fourth-order valence-electron chi connectivity index (χ4n) is 3.59. The lowest BCUT2D eigenvalue weighted by atomic mass is 10.3. The van der Waals surface area contributed by atoms with Crippen LogP contribution in [0.3, 0.4) is 0 Å². The molecule has 0 aromatic carbocycles. The van der Waals surface area contributed by atoms with Crippen LogP contribution in [0, 0.1) is 0 Å². The largest absolute Gasteiger partial charge is 0.339 e. The summed E-state index contributed by atoms with van der Waals surface area (Å²) in [6.45, 7) is 3.52. The normalized spacial score (nSPS) is 25.3. The second-order valence-electron chi connectivity index (χ2n) is 5.17. The first-order chi connectivity index (χ1) is 6.92. The smallest absolute Gasteiger partial charge is 0.115 e. The molecule has 14 heavy (non-hydrogen) atoms. The lowest BCUT2D eigenvalue weighted by Gasteiger charge is -2.28. The van der Waals surface area contributed by atoms with Crippen LogP contribution in [0.1, 0.15) is 58.3 Å². The third kappa shape index (κ3) is 2.40. The molecule has 2 fully saturated rings. The Morgan fingerprint density at radius 1 is 0.929 bits per heavy atom. The highest BCUT2D eigenvalue weighted by Crippen LogP contribution is 2.41. The van der Waals surface area contributed by atoms with Crippen LogP contribution in [0.2, 0.25) is 11.1 Å². The summed E-state index contributed by atoms with van der Waals surface area (Å²) in [5, 5.41) is 0. The van der Waals surface area contributed by atoms with Crippen LogP contribution in [0.25, 0.3) is 0 Å². The van der Waals surface area contributed by atoms with Crippen molar-refractivity contribution in [3.05, 3.63) is 0 Å². The van der Waals surface area contributed by atoms with Crippen molar-refractivity contribution in [1.29, 1.82) is 0 Å². The maximum atomic E-state index is 3.91. The van der Waals surface area contributed by atoms with Crippen LogP contribution in [-0.2, 0) is 0 Å². The molecule has 0 bridgehead atoms. The number of hydrogen-bond donors (Lipinski definition) is 1. The fourth-order valence-corrected chi connectivity index (χ4v) is 7.87. The molecule has 0 amide bonds. The quantitative estimate of drug-likeness (QED) is 0.704. The summed E-state index contributed by atoms with van der Waals surface area (Å²) in [6.07, 6.45) is 12.3. The van der Waals surface area contributed by atoms with E-state index in [1.54, 1.807) is 25.7 Å². The SMILES string of the molecule is CCN[SiH](C1CCCC1)C1CCCC1. The van der Waals surface area contributed by atoms with Gasteiger partial charge in [-0.2, -0.15) is 0 Å². The van der Waals surface area contributed by atoms with E-state index in [9.17, 15) is 0 Å². The van der Waals surface area contributed by atoms with E-state index in [2.05, 4.69) is 11.9 Å². The zero-order chi connectivity index (χ0) is 9.80. The summed E-state index contributed by atoms with van der Waals surface area (Å²) in [7, 11) is -0.589. The van der Waals surface area contributed by atoms with Crippen LogP contribution >= 0.6 is 0 Å². The summed E-state index contributed by atoms with van der Waals surface area (Å²) in [6, 6.07) is 0. The Labute approximate surface area is 90.3 Å². The molecule has 2 rings (SSSR count). The fraction of sp³-hybridized carbons (Fsp3) is 1.00. The highest BCUT2D eigenvalue weighted by Gasteiger charge is 2.33. The summed E-state index contributed by atoms with van der Waals surface area (Å²) in [5.41, 5.74) is 2.30. The monoisotopic (exact) mass is 211 g/mol. The summed E-state index contributed by atoms with van der Waals surface area (Å²) < 4.78 is 0. The van der Waals surface area contributed by atoms with Gasteiger partial charge in [-0.25, -0.2) is 0 Å². The molecule has 2 heteroatoms. The van der Waals surface area contributed by atoms with Crippen LogP contribution < -0.4 is 4.98 Å². The minimum absolute atomic E-state index is 0.589. The van der Waals surface area contributed by atoms with Gasteiger partial charge in [0.05, 0.1) is 0 Å². The first-order valence-corrected chi connectivity index (χ1v) is 8.56. The topological polar surface area (TPSA) is 12.0 Å². The van der Waals surface area contributed by atoms with Crippen molar-refractivity contribution in [2.45, 2.75) is 69.4 Å². The Hall–Kier alpha value is 0.177. The molecule has 2 aliphatic rings. The third-order valence-electron chi connectivity index (χ3n) is 4.26.